The maximum Gasteiger partial charge on any atom is 0.241 e. The maximum absolute atomic E-state index is 10.5. The van der Waals surface area contributed by atoms with Gasteiger partial charge in [0.2, 0.25) is 5.95 Å². The molecular formula is C28H40N6O4. The van der Waals surface area contributed by atoms with Crippen LogP contribution in [-0.2, 0) is 9.47 Å². The van der Waals surface area contributed by atoms with Crippen LogP contribution < -0.4 is 10.2 Å². The van der Waals surface area contributed by atoms with E-state index in [-0.39, 0.29) is 18.2 Å². The Morgan fingerprint density at radius 2 is 2.00 bits per heavy atom. The van der Waals surface area contributed by atoms with E-state index in [1.807, 2.05) is 29.9 Å². The molecule has 1 unspecified atom stereocenters. The summed E-state index contributed by atoms with van der Waals surface area (Å²) in [6.07, 6.45) is 6.65. The molecule has 4 heterocycles. The summed E-state index contributed by atoms with van der Waals surface area (Å²) in [5, 5.41) is 28.8. The summed E-state index contributed by atoms with van der Waals surface area (Å²) < 4.78 is 13.1. The van der Waals surface area contributed by atoms with Crippen molar-refractivity contribution in [3.8, 4) is 11.1 Å². The summed E-state index contributed by atoms with van der Waals surface area (Å²) in [7, 11) is 1.68. The highest BCUT2D eigenvalue weighted by atomic mass is 16.5. The Hall–Kier alpha value is -2.79. The Kier molecular flexibility index (Phi) is 7.85. The number of aliphatic hydroxyl groups is 2. The number of morpholine rings is 1. The van der Waals surface area contributed by atoms with E-state index in [0.717, 1.165) is 53.8 Å². The fraction of sp³-hybridized carbons (Fsp3) is 0.607. The van der Waals surface area contributed by atoms with E-state index in [4.69, 9.17) is 14.6 Å². The molecule has 2 fully saturated rings. The number of rotatable bonds is 8. The third-order valence-corrected chi connectivity index (χ3v) is 7.69. The molecule has 3 aromatic rings. The Balaban J connectivity index is 1.51. The lowest BCUT2D eigenvalue weighted by Crippen LogP contribution is -2.52. The van der Waals surface area contributed by atoms with Crippen molar-refractivity contribution in [2.75, 3.05) is 43.6 Å². The Morgan fingerprint density at radius 1 is 1.21 bits per heavy atom. The van der Waals surface area contributed by atoms with Crippen LogP contribution >= 0.6 is 0 Å². The van der Waals surface area contributed by atoms with Gasteiger partial charge in [-0.05, 0) is 70.2 Å². The molecule has 0 radical (unpaired) electrons. The minimum Gasteiger partial charge on any atom is -0.393 e. The van der Waals surface area contributed by atoms with Crippen LogP contribution in [0.15, 0.2) is 30.6 Å². The van der Waals surface area contributed by atoms with E-state index >= 15 is 0 Å². The predicted octanol–water partition coefficient (Wildman–Crippen LogP) is 3.23. The van der Waals surface area contributed by atoms with Crippen molar-refractivity contribution in [1.29, 1.82) is 0 Å². The first kappa shape index (κ1) is 26.8. The SMILES string of the molecule is COC[C@H](C)Nc1ncc2c(-c3ccnc(N4CCOC(C(C)(C)O)C4)c3)cc(C3CCC(O)CC3)n2n1. The largest absolute Gasteiger partial charge is 0.393 e. The van der Waals surface area contributed by atoms with Gasteiger partial charge in [-0.3, -0.25) is 0 Å². The van der Waals surface area contributed by atoms with Crippen molar-refractivity contribution >= 4 is 17.3 Å². The molecule has 0 bridgehead atoms. The van der Waals surface area contributed by atoms with Crippen LogP contribution in [0.5, 0.6) is 0 Å². The van der Waals surface area contributed by atoms with Gasteiger partial charge in [0.25, 0.3) is 0 Å². The molecule has 10 nitrogen and oxygen atoms in total. The topological polar surface area (TPSA) is 117 Å². The number of fused-ring (bicyclic) bond motifs is 1. The van der Waals surface area contributed by atoms with E-state index in [2.05, 4.69) is 32.3 Å². The second kappa shape index (κ2) is 11.1. The Labute approximate surface area is 224 Å². The number of anilines is 2. The Bertz CT molecular complexity index is 1230. The predicted molar refractivity (Wildman–Crippen MR) is 147 cm³/mol. The van der Waals surface area contributed by atoms with E-state index in [0.29, 0.717) is 38.2 Å². The number of ether oxygens (including phenoxy) is 2. The van der Waals surface area contributed by atoms with Crippen molar-refractivity contribution in [2.45, 2.75) is 76.2 Å². The van der Waals surface area contributed by atoms with Gasteiger partial charge in [-0.25, -0.2) is 14.5 Å². The number of nitrogens with zero attached hydrogens (tertiary/aromatic N) is 5. The smallest absolute Gasteiger partial charge is 0.241 e. The average Bonchev–Trinajstić information content (AvgIpc) is 3.28. The van der Waals surface area contributed by atoms with Crippen LogP contribution in [0.4, 0.5) is 11.8 Å². The molecule has 2 atom stereocenters. The van der Waals surface area contributed by atoms with E-state index in [9.17, 15) is 10.2 Å². The van der Waals surface area contributed by atoms with E-state index in [1.54, 1.807) is 21.0 Å². The van der Waals surface area contributed by atoms with Gasteiger partial charge in [0.05, 0.1) is 36.6 Å². The molecule has 206 valence electrons. The third-order valence-electron chi connectivity index (χ3n) is 7.69. The monoisotopic (exact) mass is 524 g/mol. The fourth-order valence-corrected chi connectivity index (χ4v) is 5.53. The van der Waals surface area contributed by atoms with Crippen LogP contribution in [0.25, 0.3) is 16.6 Å². The molecule has 1 saturated carbocycles. The highest BCUT2D eigenvalue weighted by molar-refractivity contribution is 5.82. The molecule has 38 heavy (non-hydrogen) atoms. The van der Waals surface area contributed by atoms with Gasteiger partial charge < -0.3 is 29.9 Å². The number of hydrogen-bond acceptors (Lipinski definition) is 9. The number of aliphatic hydroxyl groups excluding tert-OH is 1. The molecule has 3 aromatic heterocycles. The molecule has 2 aliphatic rings. The van der Waals surface area contributed by atoms with Crippen LogP contribution in [0.1, 0.15) is 58.1 Å². The number of aromatic nitrogens is 4. The number of nitrogens with one attached hydrogen (secondary N) is 1. The maximum atomic E-state index is 10.5. The second-order valence-corrected chi connectivity index (χ2v) is 11.2. The molecule has 0 amide bonds. The molecule has 10 heteroatoms. The van der Waals surface area contributed by atoms with Gasteiger partial charge in [-0.2, -0.15) is 0 Å². The summed E-state index contributed by atoms with van der Waals surface area (Å²) in [5.41, 5.74) is 3.24. The van der Waals surface area contributed by atoms with Crippen molar-refractivity contribution < 1.29 is 19.7 Å². The zero-order valence-corrected chi connectivity index (χ0v) is 22.8. The molecular weight excluding hydrogens is 484 g/mol. The van der Waals surface area contributed by atoms with E-state index in [1.165, 1.54) is 0 Å². The minimum atomic E-state index is -0.929. The summed E-state index contributed by atoms with van der Waals surface area (Å²) in [5.74, 6) is 1.73. The second-order valence-electron chi connectivity index (χ2n) is 11.2. The van der Waals surface area contributed by atoms with Crippen molar-refractivity contribution in [3.05, 3.63) is 36.3 Å². The van der Waals surface area contributed by atoms with Gasteiger partial charge in [0, 0.05) is 49.6 Å². The van der Waals surface area contributed by atoms with Gasteiger partial charge in [0.15, 0.2) is 0 Å². The van der Waals surface area contributed by atoms with Crippen molar-refractivity contribution in [3.63, 3.8) is 0 Å². The standard InChI is InChI=1S/C28H40N6O4/c1-18(17-37-4)31-27-30-15-24-22(14-23(34(24)32-27)19-5-7-21(35)8-6-19)20-9-10-29-26(13-20)33-11-12-38-25(16-33)28(2,3)36/h9-10,13-15,18-19,21,25,35-36H,5-8,11-12,16-17H2,1-4H3,(H,31,32)/t18-,19?,21?,25?/m0/s1. The molecule has 3 N–H and O–H groups in total. The van der Waals surface area contributed by atoms with Crippen LogP contribution in [0, 0.1) is 0 Å². The highest BCUT2D eigenvalue weighted by Crippen LogP contribution is 2.38. The molecule has 1 aliphatic heterocycles. The van der Waals surface area contributed by atoms with Gasteiger partial charge >= 0.3 is 0 Å². The fourth-order valence-electron chi connectivity index (χ4n) is 5.53. The Morgan fingerprint density at radius 3 is 2.74 bits per heavy atom. The lowest BCUT2D eigenvalue weighted by Gasteiger charge is -2.39. The zero-order valence-electron chi connectivity index (χ0n) is 22.8. The minimum absolute atomic E-state index is 0.0739. The van der Waals surface area contributed by atoms with Gasteiger partial charge in [-0.15, -0.1) is 5.10 Å². The van der Waals surface area contributed by atoms with Crippen LogP contribution in [0.3, 0.4) is 0 Å². The van der Waals surface area contributed by atoms with Gasteiger partial charge in [-0.1, -0.05) is 0 Å². The number of pyridine rings is 1. The average molecular weight is 525 g/mol. The first-order valence-electron chi connectivity index (χ1n) is 13.6. The van der Waals surface area contributed by atoms with Gasteiger partial charge in [0.1, 0.15) is 11.9 Å². The van der Waals surface area contributed by atoms with Crippen molar-refractivity contribution in [1.82, 2.24) is 19.6 Å². The molecule has 1 saturated heterocycles. The summed E-state index contributed by atoms with van der Waals surface area (Å²) in [4.78, 5) is 11.5. The first-order chi connectivity index (χ1) is 18.2. The molecule has 0 spiro atoms. The summed E-state index contributed by atoms with van der Waals surface area (Å²) in [6.45, 7) is 7.98. The van der Waals surface area contributed by atoms with E-state index < -0.39 is 5.60 Å². The summed E-state index contributed by atoms with van der Waals surface area (Å²) >= 11 is 0. The molecule has 5 rings (SSSR count). The third kappa shape index (κ3) is 5.78. The molecule has 1 aliphatic carbocycles. The van der Waals surface area contributed by atoms with Crippen LogP contribution in [-0.4, -0.2) is 87.1 Å². The number of hydrogen-bond donors (Lipinski definition) is 3. The van der Waals surface area contributed by atoms with Crippen molar-refractivity contribution in [2.24, 2.45) is 0 Å². The number of methoxy groups -OCH3 is 1. The lowest BCUT2D eigenvalue weighted by molar-refractivity contribution is -0.0929. The highest BCUT2D eigenvalue weighted by Gasteiger charge is 2.33. The lowest BCUT2D eigenvalue weighted by atomic mass is 9.85. The summed E-state index contributed by atoms with van der Waals surface area (Å²) in [6, 6.07) is 6.43. The zero-order chi connectivity index (χ0) is 26.9. The quantitative estimate of drug-likeness (QED) is 0.408. The normalized spacial score (nSPS) is 23.5. The first-order valence-corrected chi connectivity index (χ1v) is 13.6. The van der Waals surface area contributed by atoms with Crippen LogP contribution in [0.2, 0.25) is 0 Å². The molecule has 0 aromatic carbocycles.